The minimum absolute atomic E-state index is 0.0326. The van der Waals surface area contributed by atoms with Crippen LogP contribution in [0.5, 0.6) is 0 Å². The Bertz CT molecular complexity index is 504. The van der Waals surface area contributed by atoms with Crippen LogP contribution in [0, 0.1) is 34.5 Å². The van der Waals surface area contributed by atoms with Gasteiger partial charge in [-0.15, -0.1) is 0 Å². The number of allylic oxidation sites excluding steroid dienone is 2. The lowest BCUT2D eigenvalue weighted by Gasteiger charge is -2.57. The molecule has 0 heterocycles. The van der Waals surface area contributed by atoms with Crippen molar-refractivity contribution in [3.05, 3.63) is 11.6 Å². The summed E-state index contributed by atoms with van der Waals surface area (Å²) >= 11 is 0. The first-order chi connectivity index (χ1) is 10.9. The number of Topliss-reactive ketones (excluding diaryl/α,β-unsaturated/α-hetero) is 1. The summed E-state index contributed by atoms with van der Waals surface area (Å²) in [6.07, 6.45) is 12.5. The van der Waals surface area contributed by atoms with Crippen LogP contribution in [0.1, 0.15) is 86.0 Å². The summed E-state index contributed by atoms with van der Waals surface area (Å²) in [6.45, 7) is 11.3. The molecule has 0 saturated heterocycles. The van der Waals surface area contributed by atoms with Crippen LogP contribution in [-0.4, -0.2) is 5.78 Å². The lowest BCUT2D eigenvalue weighted by molar-refractivity contribution is -0.131. The zero-order chi connectivity index (χ0) is 16.8. The van der Waals surface area contributed by atoms with Gasteiger partial charge in [0.2, 0.25) is 0 Å². The van der Waals surface area contributed by atoms with Crippen LogP contribution in [0.3, 0.4) is 0 Å². The second kappa shape index (κ2) is 6.05. The topological polar surface area (TPSA) is 17.1 Å². The van der Waals surface area contributed by atoms with Crippen LogP contribution in [0.25, 0.3) is 0 Å². The number of fused-ring (bicyclic) bond motifs is 5. The molecule has 3 fully saturated rings. The molecule has 4 rings (SSSR count). The quantitative estimate of drug-likeness (QED) is 0.488. The molecule has 0 radical (unpaired) electrons. The maximum Gasteiger partial charge on any atom is 0.139 e. The zero-order valence-electron chi connectivity index (χ0n) is 16.0. The third-order valence-corrected chi connectivity index (χ3v) is 8.06. The van der Waals surface area contributed by atoms with Crippen LogP contribution in [0.15, 0.2) is 11.6 Å². The van der Waals surface area contributed by atoms with E-state index in [4.69, 9.17) is 0 Å². The molecular weight excluding hydrogens is 280 g/mol. The van der Waals surface area contributed by atoms with E-state index in [-0.39, 0.29) is 5.41 Å². The Labute approximate surface area is 143 Å². The van der Waals surface area contributed by atoms with Gasteiger partial charge in [0.25, 0.3) is 0 Å². The fourth-order valence-electron chi connectivity index (χ4n) is 6.61. The molecule has 0 bridgehead atoms. The number of hydrogen-bond donors (Lipinski definition) is 0. The van der Waals surface area contributed by atoms with Gasteiger partial charge in [0.05, 0.1) is 0 Å². The van der Waals surface area contributed by atoms with E-state index in [0.29, 0.717) is 17.1 Å². The summed E-state index contributed by atoms with van der Waals surface area (Å²) in [4.78, 5) is 12.4. The second-order valence-corrected chi connectivity index (χ2v) is 9.03. The van der Waals surface area contributed by atoms with Crippen molar-refractivity contribution in [1.82, 2.24) is 0 Å². The van der Waals surface area contributed by atoms with Gasteiger partial charge >= 0.3 is 0 Å². The summed E-state index contributed by atoms with van der Waals surface area (Å²) in [5.41, 5.74) is 2.27. The van der Waals surface area contributed by atoms with Gasteiger partial charge in [-0.3, -0.25) is 4.79 Å². The minimum Gasteiger partial charge on any atom is -0.299 e. The van der Waals surface area contributed by atoms with E-state index in [1.807, 2.05) is 13.8 Å². The van der Waals surface area contributed by atoms with Crippen LogP contribution in [-0.2, 0) is 4.79 Å². The fraction of sp³-hybridized carbons (Fsp3) is 0.864. The molecule has 6 atom stereocenters. The normalized spacial score (nSPS) is 48.4. The second-order valence-electron chi connectivity index (χ2n) is 9.03. The summed E-state index contributed by atoms with van der Waals surface area (Å²) in [7, 11) is 0. The molecule has 2 unspecified atom stereocenters. The molecule has 23 heavy (non-hydrogen) atoms. The van der Waals surface area contributed by atoms with Gasteiger partial charge in [-0.2, -0.15) is 0 Å². The first kappa shape index (κ1) is 17.2. The molecule has 130 valence electrons. The van der Waals surface area contributed by atoms with E-state index in [2.05, 4.69) is 26.8 Å². The van der Waals surface area contributed by atoms with Gasteiger partial charge in [-0.05, 0) is 74.0 Å². The molecule has 0 aromatic rings. The molecule has 1 heteroatoms. The maximum atomic E-state index is 12.4. The Morgan fingerprint density at radius 3 is 2.39 bits per heavy atom. The van der Waals surface area contributed by atoms with Crippen LogP contribution >= 0.6 is 0 Å². The Hall–Kier alpha value is -0.590. The Kier molecular flexibility index (Phi) is 4.53. The molecule has 4 aliphatic rings. The van der Waals surface area contributed by atoms with Gasteiger partial charge in [-0.1, -0.05) is 46.3 Å². The highest BCUT2D eigenvalue weighted by atomic mass is 16.1. The largest absolute Gasteiger partial charge is 0.299 e. The van der Waals surface area contributed by atoms with Gasteiger partial charge in [0.15, 0.2) is 0 Å². The molecule has 0 amide bonds. The van der Waals surface area contributed by atoms with Crippen molar-refractivity contribution >= 4 is 5.78 Å². The van der Waals surface area contributed by atoms with E-state index < -0.39 is 0 Å². The SMILES string of the molecule is CC.CC1CC[C@@]2(C)C(=CC[C@@H]3C2CC[C@]2(C)C(=O)CC[C@@H]32)C1. The van der Waals surface area contributed by atoms with E-state index in [9.17, 15) is 4.79 Å². The number of ketones is 1. The summed E-state index contributed by atoms with van der Waals surface area (Å²) in [5.74, 6) is 3.77. The van der Waals surface area contributed by atoms with E-state index >= 15 is 0 Å². The maximum absolute atomic E-state index is 12.4. The summed E-state index contributed by atoms with van der Waals surface area (Å²) < 4.78 is 0. The lowest BCUT2D eigenvalue weighted by atomic mass is 9.47. The number of rotatable bonds is 0. The molecule has 1 nitrogen and oxygen atoms in total. The number of carbonyl (C=O) groups is 1. The highest BCUT2D eigenvalue weighted by Gasteiger charge is 2.58. The van der Waals surface area contributed by atoms with Crippen molar-refractivity contribution in [3.63, 3.8) is 0 Å². The fourth-order valence-corrected chi connectivity index (χ4v) is 6.61. The average molecular weight is 317 g/mol. The highest BCUT2D eigenvalue weighted by Crippen LogP contribution is 2.64. The monoisotopic (exact) mass is 316 g/mol. The molecule has 0 aromatic heterocycles. The molecule has 3 saturated carbocycles. The predicted octanol–water partition coefficient (Wildman–Crippen LogP) is 6.18. The number of carbonyl (C=O) groups excluding carboxylic acids is 1. The number of hydrogen-bond acceptors (Lipinski definition) is 1. The van der Waals surface area contributed by atoms with E-state index in [1.165, 1.54) is 38.5 Å². The van der Waals surface area contributed by atoms with Crippen molar-refractivity contribution in [2.24, 2.45) is 34.5 Å². The third-order valence-electron chi connectivity index (χ3n) is 8.06. The van der Waals surface area contributed by atoms with Crippen molar-refractivity contribution in [3.8, 4) is 0 Å². The van der Waals surface area contributed by atoms with E-state index in [1.54, 1.807) is 5.57 Å². The molecular formula is C22H36O. The van der Waals surface area contributed by atoms with Crippen LogP contribution in [0.4, 0.5) is 0 Å². The standard InChI is InChI=1S/C20H30O.C2H6/c1-13-8-10-19(2)14(12-13)4-5-15-16-6-7-18(21)20(16,3)11-9-17(15)19;1-2/h4,13,15-17H,5-12H2,1-3H3;1-2H3/t13?,15-,16-,17?,19-,20-;/m0./s1. The molecule has 0 aliphatic heterocycles. The Morgan fingerprint density at radius 1 is 1.00 bits per heavy atom. The minimum atomic E-state index is 0.0326. The highest BCUT2D eigenvalue weighted by molar-refractivity contribution is 5.87. The summed E-state index contributed by atoms with van der Waals surface area (Å²) in [6, 6.07) is 0. The van der Waals surface area contributed by atoms with Crippen molar-refractivity contribution in [2.45, 2.75) is 86.0 Å². The van der Waals surface area contributed by atoms with Gasteiger partial charge in [-0.25, -0.2) is 0 Å². The van der Waals surface area contributed by atoms with Crippen LogP contribution in [0.2, 0.25) is 0 Å². The molecule has 4 aliphatic carbocycles. The first-order valence-corrected chi connectivity index (χ1v) is 10.2. The van der Waals surface area contributed by atoms with Gasteiger partial charge in [0.1, 0.15) is 5.78 Å². The zero-order valence-corrected chi connectivity index (χ0v) is 16.0. The Balaban J connectivity index is 0.000000753. The third kappa shape index (κ3) is 2.45. The Morgan fingerprint density at radius 2 is 1.65 bits per heavy atom. The van der Waals surface area contributed by atoms with Crippen molar-refractivity contribution < 1.29 is 4.79 Å². The molecule has 0 N–H and O–H groups in total. The predicted molar refractivity (Wildman–Crippen MR) is 97.2 cm³/mol. The van der Waals surface area contributed by atoms with Crippen molar-refractivity contribution in [2.75, 3.05) is 0 Å². The molecule has 0 aromatic carbocycles. The first-order valence-electron chi connectivity index (χ1n) is 10.2. The lowest BCUT2D eigenvalue weighted by Crippen LogP contribution is -2.50. The average Bonchev–Trinajstić information content (AvgIpc) is 2.86. The smallest absolute Gasteiger partial charge is 0.139 e. The van der Waals surface area contributed by atoms with Gasteiger partial charge < -0.3 is 0 Å². The van der Waals surface area contributed by atoms with Gasteiger partial charge in [0, 0.05) is 11.8 Å². The van der Waals surface area contributed by atoms with Crippen LogP contribution < -0.4 is 0 Å². The molecule has 0 spiro atoms. The van der Waals surface area contributed by atoms with Crippen molar-refractivity contribution in [1.29, 1.82) is 0 Å². The van der Waals surface area contributed by atoms with E-state index in [0.717, 1.165) is 30.6 Å². The summed E-state index contributed by atoms with van der Waals surface area (Å²) in [5, 5.41) is 0.